The third-order valence-electron chi connectivity index (χ3n) is 4.69. The molecule has 130 valence electrons. The van der Waals surface area contributed by atoms with Crippen LogP contribution in [-0.4, -0.2) is 30.9 Å². The van der Waals surface area contributed by atoms with Gasteiger partial charge in [0.25, 0.3) is 0 Å². The summed E-state index contributed by atoms with van der Waals surface area (Å²) in [6.07, 6.45) is 0.401. The molecule has 1 spiro atoms. The second kappa shape index (κ2) is 6.67. The maximum Gasteiger partial charge on any atom is 0.309 e. The first-order valence-electron chi connectivity index (χ1n) is 8.29. The number of Topliss-reactive ketones (excluding diaryl/α,β-unsaturated/α-hetero) is 1. The molecular formula is C20H20O5. The predicted octanol–water partition coefficient (Wildman–Crippen LogP) is 2.86. The molecule has 2 aliphatic rings. The van der Waals surface area contributed by atoms with E-state index in [-0.39, 0.29) is 43.8 Å². The van der Waals surface area contributed by atoms with Gasteiger partial charge in [-0.05, 0) is 30.1 Å². The van der Waals surface area contributed by atoms with Crippen molar-refractivity contribution in [3.63, 3.8) is 0 Å². The Morgan fingerprint density at radius 3 is 2.56 bits per heavy atom. The summed E-state index contributed by atoms with van der Waals surface area (Å²) in [4.78, 5) is 36.7. The van der Waals surface area contributed by atoms with Crippen LogP contribution < -0.4 is 0 Å². The summed E-state index contributed by atoms with van der Waals surface area (Å²) in [5.41, 5.74) is 1.61. The van der Waals surface area contributed by atoms with Crippen molar-refractivity contribution in [2.45, 2.75) is 26.2 Å². The Balaban J connectivity index is 1.98. The summed E-state index contributed by atoms with van der Waals surface area (Å²) in [5.74, 6) is -0.923. The van der Waals surface area contributed by atoms with Gasteiger partial charge < -0.3 is 9.47 Å². The molecule has 25 heavy (non-hydrogen) atoms. The van der Waals surface area contributed by atoms with Gasteiger partial charge in [0.15, 0.2) is 5.78 Å². The van der Waals surface area contributed by atoms with Crippen LogP contribution in [0.2, 0.25) is 0 Å². The molecule has 5 heteroatoms. The molecule has 5 nitrogen and oxygen atoms in total. The van der Waals surface area contributed by atoms with Gasteiger partial charge in [0.1, 0.15) is 6.61 Å². The summed E-state index contributed by atoms with van der Waals surface area (Å²) >= 11 is 0. The van der Waals surface area contributed by atoms with Crippen LogP contribution in [0.4, 0.5) is 0 Å². The first-order chi connectivity index (χ1) is 12.0. The molecule has 1 fully saturated rings. The van der Waals surface area contributed by atoms with Gasteiger partial charge in [-0.2, -0.15) is 0 Å². The van der Waals surface area contributed by atoms with Gasteiger partial charge in [0, 0.05) is 5.57 Å². The van der Waals surface area contributed by atoms with Crippen LogP contribution in [0.25, 0.3) is 5.57 Å². The third kappa shape index (κ3) is 3.14. The van der Waals surface area contributed by atoms with Crippen molar-refractivity contribution in [2.75, 3.05) is 13.2 Å². The van der Waals surface area contributed by atoms with E-state index in [0.29, 0.717) is 23.1 Å². The van der Waals surface area contributed by atoms with Crippen molar-refractivity contribution in [1.29, 1.82) is 0 Å². The van der Waals surface area contributed by atoms with Crippen molar-refractivity contribution < 1.29 is 23.9 Å². The zero-order chi connectivity index (χ0) is 18.0. The van der Waals surface area contributed by atoms with Gasteiger partial charge in [-0.15, -0.1) is 0 Å². The van der Waals surface area contributed by atoms with E-state index in [1.807, 2.05) is 30.3 Å². The molecule has 1 unspecified atom stereocenters. The minimum atomic E-state index is -0.897. The average molecular weight is 340 g/mol. The van der Waals surface area contributed by atoms with Gasteiger partial charge in [-0.3, -0.25) is 14.4 Å². The van der Waals surface area contributed by atoms with Gasteiger partial charge >= 0.3 is 11.9 Å². The highest BCUT2D eigenvalue weighted by molar-refractivity contribution is 6.17. The summed E-state index contributed by atoms with van der Waals surface area (Å²) in [6.45, 7) is 6.15. The van der Waals surface area contributed by atoms with E-state index in [1.165, 1.54) is 0 Å². The van der Waals surface area contributed by atoms with Crippen molar-refractivity contribution in [3.8, 4) is 0 Å². The maximum absolute atomic E-state index is 13.1. The summed E-state index contributed by atoms with van der Waals surface area (Å²) in [5, 5.41) is 0. The molecule has 0 N–H and O–H groups in total. The van der Waals surface area contributed by atoms with Crippen molar-refractivity contribution in [3.05, 3.63) is 53.6 Å². The Morgan fingerprint density at radius 1 is 1.24 bits per heavy atom. The number of allylic oxidation sites excluding steroid dienone is 2. The number of carbonyl (C=O) groups is 3. The number of cyclic esters (lactones) is 1. The zero-order valence-electron chi connectivity index (χ0n) is 14.2. The Morgan fingerprint density at radius 2 is 1.96 bits per heavy atom. The number of ether oxygens (including phenoxy) is 2. The van der Waals surface area contributed by atoms with Crippen molar-refractivity contribution in [1.82, 2.24) is 0 Å². The van der Waals surface area contributed by atoms with Gasteiger partial charge in [-0.1, -0.05) is 36.9 Å². The fourth-order valence-corrected chi connectivity index (χ4v) is 3.53. The second-order valence-electron chi connectivity index (χ2n) is 6.43. The molecule has 1 aromatic carbocycles. The lowest BCUT2D eigenvalue weighted by molar-refractivity contribution is -0.142. The normalized spacial score (nSPS) is 22.4. The smallest absolute Gasteiger partial charge is 0.309 e. The molecule has 0 aromatic heterocycles. The lowest BCUT2D eigenvalue weighted by Crippen LogP contribution is -2.28. The minimum absolute atomic E-state index is 0.0245. The first-order valence-corrected chi connectivity index (χ1v) is 8.29. The van der Waals surface area contributed by atoms with E-state index in [2.05, 4.69) is 6.58 Å². The minimum Gasteiger partial charge on any atom is -0.466 e. The lowest BCUT2D eigenvalue weighted by Gasteiger charge is -2.18. The molecule has 1 heterocycles. The molecule has 1 atom stereocenters. The van der Waals surface area contributed by atoms with Crippen LogP contribution >= 0.6 is 0 Å². The SMILES string of the molecule is C=C(C1=C(CC(=O)OCC)CC2(COC(=O)C2)C1=O)c1ccccc1. The van der Waals surface area contributed by atoms with Crippen LogP contribution in [0, 0.1) is 5.41 Å². The lowest BCUT2D eigenvalue weighted by atomic mass is 9.81. The summed E-state index contributed by atoms with van der Waals surface area (Å²) < 4.78 is 10.1. The molecule has 1 aromatic rings. The van der Waals surface area contributed by atoms with Crippen molar-refractivity contribution in [2.24, 2.45) is 5.41 Å². The predicted molar refractivity (Wildman–Crippen MR) is 91.4 cm³/mol. The highest BCUT2D eigenvalue weighted by Gasteiger charge is 2.53. The first kappa shape index (κ1) is 17.1. The van der Waals surface area contributed by atoms with Crippen LogP contribution in [0.3, 0.4) is 0 Å². The van der Waals surface area contributed by atoms with Gasteiger partial charge in [0.2, 0.25) is 0 Å². The van der Waals surface area contributed by atoms with Crippen LogP contribution in [0.15, 0.2) is 48.1 Å². The fourth-order valence-electron chi connectivity index (χ4n) is 3.53. The van der Waals surface area contributed by atoms with E-state index in [0.717, 1.165) is 5.56 Å². The third-order valence-corrected chi connectivity index (χ3v) is 4.69. The highest BCUT2D eigenvalue weighted by Crippen LogP contribution is 2.49. The molecule has 0 bridgehead atoms. The van der Waals surface area contributed by atoms with E-state index in [9.17, 15) is 14.4 Å². The van der Waals surface area contributed by atoms with Gasteiger partial charge in [0.05, 0.1) is 24.9 Å². The van der Waals surface area contributed by atoms with E-state index in [1.54, 1.807) is 6.92 Å². The molecule has 1 saturated heterocycles. The van der Waals surface area contributed by atoms with E-state index >= 15 is 0 Å². The Labute approximate surface area is 146 Å². The molecule has 0 saturated carbocycles. The van der Waals surface area contributed by atoms with E-state index < -0.39 is 5.41 Å². The summed E-state index contributed by atoms with van der Waals surface area (Å²) in [7, 11) is 0. The Hall–Kier alpha value is -2.69. The molecule has 3 rings (SSSR count). The topological polar surface area (TPSA) is 69.7 Å². The molecular weight excluding hydrogens is 320 g/mol. The average Bonchev–Trinajstić information content (AvgIpc) is 3.09. The van der Waals surface area contributed by atoms with Crippen LogP contribution in [-0.2, 0) is 23.9 Å². The zero-order valence-corrected chi connectivity index (χ0v) is 14.2. The monoisotopic (exact) mass is 340 g/mol. The molecule has 0 amide bonds. The largest absolute Gasteiger partial charge is 0.466 e. The van der Waals surface area contributed by atoms with E-state index in [4.69, 9.17) is 9.47 Å². The Bertz CT molecular complexity index is 775. The molecule has 1 aliphatic heterocycles. The number of hydrogen-bond acceptors (Lipinski definition) is 5. The maximum atomic E-state index is 13.1. The van der Waals surface area contributed by atoms with Crippen molar-refractivity contribution >= 4 is 23.3 Å². The van der Waals surface area contributed by atoms with Crippen LogP contribution in [0.1, 0.15) is 31.7 Å². The number of carbonyl (C=O) groups excluding carboxylic acids is 3. The molecule has 1 aliphatic carbocycles. The standard InChI is InChI=1S/C20H20O5/c1-3-24-16(21)9-15-10-20(11-17(22)25-12-20)19(23)18(15)13(2)14-7-5-4-6-8-14/h4-8H,2-3,9-12H2,1H3. The number of rotatable bonds is 5. The Kier molecular flexibility index (Phi) is 4.57. The fraction of sp³-hybridized carbons (Fsp3) is 0.350. The quantitative estimate of drug-likeness (QED) is 0.771. The second-order valence-corrected chi connectivity index (χ2v) is 6.43. The number of hydrogen-bond donors (Lipinski definition) is 0. The number of ketones is 1. The number of benzene rings is 1. The van der Waals surface area contributed by atoms with Crippen LogP contribution in [0.5, 0.6) is 0 Å². The number of esters is 2. The van der Waals surface area contributed by atoms with Gasteiger partial charge in [-0.25, -0.2) is 0 Å². The highest BCUT2D eigenvalue weighted by atomic mass is 16.5. The molecule has 0 radical (unpaired) electrons. The summed E-state index contributed by atoms with van der Waals surface area (Å²) in [6, 6.07) is 9.34.